The molecule has 0 aromatic heterocycles. The van der Waals surface area contributed by atoms with E-state index < -0.39 is 0 Å². The third-order valence-corrected chi connectivity index (χ3v) is 4.22. The highest BCUT2D eigenvalue weighted by Gasteiger charge is 2.32. The molecule has 0 spiro atoms. The lowest BCUT2D eigenvalue weighted by atomic mass is 10.0. The average molecular weight is 347 g/mol. The highest BCUT2D eigenvalue weighted by molar-refractivity contribution is 9.11. The first-order valence-corrected chi connectivity index (χ1v) is 7.49. The van der Waals surface area contributed by atoms with Gasteiger partial charge in [-0.3, -0.25) is 0 Å². The van der Waals surface area contributed by atoms with Crippen molar-refractivity contribution in [3.63, 3.8) is 0 Å². The van der Waals surface area contributed by atoms with Crippen LogP contribution in [0.3, 0.4) is 0 Å². The molecule has 1 aromatic carbocycles. The Morgan fingerprint density at radius 2 is 2.12 bits per heavy atom. The van der Waals surface area contributed by atoms with Gasteiger partial charge in [-0.25, -0.2) is 0 Å². The van der Waals surface area contributed by atoms with Crippen LogP contribution in [-0.4, -0.2) is 6.54 Å². The molecule has 0 amide bonds. The number of halogens is 2. The zero-order valence-electron chi connectivity index (χ0n) is 9.47. The van der Waals surface area contributed by atoms with Gasteiger partial charge in [0, 0.05) is 15.0 Å². The summed E-state index contributed by atoms with van der Waals surface area (Å²) in [7, 11) is 0. The Morgan fingerprint density at radius 1 is 1.38 bits per heavy atom. The van der Waals surface area contributed by atoms with Gasteiger partial charge in [0.15, 0.2) is 0 Å². The van der Waals surface area contributed by atoms with E-state index in [1.807, 2.05) is 0 Å². The Labute approximate surface area is 114 Å². The molecule has 2 rings (SSSR count). The van der Waals surface area contributed by atoms with Crippen molar-refractivity contribution in [1.82, 2.24) is 5.32 Å². The van der Waals surface area contributed by atoms with Gasteiger partial charge < -0.3 is 5.32 Å². The van der Waals surface area contributed by atoms with Crippen molar-refractivity contribution < 1.29 is 0 Å². The lowest BCUT2D eigenvalue weighted by Gasteiger charge is -2.20. The Bertz CT molecular complexity index is 361. The number of nitrogens with one attached hydrogen (secondary N) is 1. The maximum absolute atomic E-state index is 3.66. The zero-order chi connectivity index (χ0) is 11.5. The fourth-order valence-electron chi connectivity index (χ4n) is 2.01. The molecule has 1 nitrogen and oxygen atoms in total. The van der Waals surface area contributed by atoms with E-state index in [9.17, 15) is 0 Å². The van der Waals surface area contributed by atoms with Crippen molar-refractivity contribution in [3.8, 4) is 0 Å². The summed E-state index contributed by atoms with van der Waals surface area (Å²) in [5, 5.41) is 3.66. The van der Waals surface area contributed by atoms with Crippen LogP contribution in [0.2, 0.25) is 0 Å². The van der Waals surface area contributed by atoms with Crippen LogP contribution in [0.1, 0.15) is 37.8 Å². The van der Waals surface area contributed by atoms with Gasteiger partial charge in [-0.15, -0.1) is 0 Å². The predicted octanol–water partition coefficient (Wildman–Crippen LogP) is 4.66. The molecule has 0 heterocycles. The van der Waals surface area contributed by atoms with E-state index in [-0.39, 0.29) is 0 Å². The second kappa shape index (κ2) is 5.65. The van der Waals surface area contributed by atoms with Crippen LogP contribution in [0.4, 0.5) is 0 Å². The zero-order valence-corrected chi connectivity index (χ0v) is 12.6. The van der Waals surface area contributed by atoms with E-state index in [2.05, 4.69) is 62.3 Å². The highest BCUT2D eigenvalue weighted by atomic mass is 79.9. The van der Waals surface area contributed by atoms with Crippen LogP contribution in [-0.2, 0) is 0 Å². The van der Waals surface area contributed by atoms with Crippen molar-refractivity contribution in [1.29, 1.82) is 0 Å². The van der Waals surface area contributed by atoms with Crippen molar-refractivity contribution >= 4 is 31.9 Å². The summed E-state index contributed by atoms with van der Waals surface area (Å²) in [6, 6.07) is 6.96. The standard InChI is InChI=1S/C13H17Br2N/c1-2-7-16-13(9-3-4-9)11-8-10(14)5-6-12(11)15/h5-6,8-9,13,16H,2-4,7H2,1H3. The Hall–Kier alpha value is 0.140. The Balaban J connectivity index is 2.19. The molecule has 1 aromatic rings. The fourth-order valence-corrected chi connectivity index (χ4v) is 2.88. The van der Waals surface area contributed by atoms with Crippen LogP contribution in [0.15, 0.2) is 27.1 Å². The van der Waals surface area contributed by atoms with Gasteiger partial charge in [0.25, 0.3) is 0 Å². The van der Waals surface area contributed by atoms with Crippen LogP contribution in [0, 0.1) is 5.92 Å². The third kappa shape index (κ3) is 3.08. The minimum Gasteiger partial charge on any atom is -0.310 e. The molecule has 1 aliphatic rings. The smallest absolute Gasteiger partial charge is 0.0360 e. The van der Waals surface area contributed by atoms with E-state index in [0.717, 1.165) is 16.9 Å². The fraction of sp³-hybridized carbons (Fsp3) is 0.538. The molecule has 3 heteroatoms. The van der Waals surface area contributed by atoms with Crippen molar-refractivity contribution in [2.75, 3.05) is 6.54 Å². The number of benzene rings is 1. The lowest BCUT2D eigenvalue weighted by molar-refractivity contribution is 0.479. The van der Waals surface area contributed by atoms with Crippen LogP contribution in [0.25, 0.3) is 0 Å². The van der Waals surface area contributed by atoms with Crippen molar-refractivity contribution in [2.24, 2.45) is 5.92 Å². The van der Waals surface area contributed by atoms with E-state index in [0.29, 0.717) is 6.04 Å². The van der Waals surface area contributed by atoms with Gasteiger partial charge in [0.1, 0.15) is 0 Å². The lowest BCUT2D eigenvalue weighted by Crippen LogP contribution is -2.24. The summed E-state index contributed by atoms with van der Waals surface area (Å²) in [6.07, 6.45) is 3.91. The normalized spacial score (nSPS) is 17.4. The van der Waals surface area contributed by atoms with E-state index in [1.54, 1.807) is 0 Å². The van der Waals surface area contributed by atoms with Crippen molar-refractivity contribution in [3.05, 3.63) is 32.7 Å². The minimum absolute atomic E-state index is 0.520. The summed E-state index contributed by atoms with van der Waals surface area (Å²) in [5.74, 6) is 0.831. The second-order valence-corrected chi connectivity index (χ2v) is 6.21. The summed E-state index contributed by atoms with van der Waals surface area (Å²) in [6.45, 7) is 3.31. The molecule has 16 heavy (non-hydrogen) atoms. The topological polar surface area (TPSA) is 12.0 Å². The molecule has 1 atom stereocenters. The molecule has 88 valence electrons. The van der Waals surface area contributed by atoms with Gasteiger partial charge in [0.05, 0.1) is 0 Å². The van der Waals surface area contributed by atoms with Crippen molar-refractivity contribution in [2.45, 2.75) is 32.2 Å². The number of hydrogen-bond acceptors (Lipinski definition) is 1. The monoisotopic (exact) mass is 345 g/mol. The van der Waals surface area contributed by atoms with Crippen LogP contribution in [0.5, 0.6) is 0 Å². The molecule has 0 aliphatic heterocycles. The van der Waals surface area contributed by atoms with Gasteiger partial charge >= 0.3 is 0 Å². The highest BCUT2D eigenvalue weighted by Crippen LogP contribution is 2.43. The van der Waals surface area contributed by atoms with E-state index in [4.69, 9.17) is 0 Å². The second-order valence-electron chi connectivity index (χ2n) is 4.44. The minimum atomic E-state index is 0.520. The van der Waals surface area contributed by atoms with Gasteiger partial charge in [-0.2, -0.15) is 0 Å². The molecule has 0 saturated heterocycles. The molecule has 1 N–H and O–H groups in total. The van der Waals surface area contributed by atoms with E-state index in [1.165, 1.54) is 29.3 Å². The van der Waals surface area contributed by atoms with Gasteiger partial charge in [-0.1, -0.05) is 38.8 Å². The third-order valence-electron chi connectivity index (χ3n) is 3.00. The average Bonchev–Trinajstić information content (AvgIpc) is 3.08. The first-order valence-electron chi connectivity index (χ1n) is 5.90. The maximum atomic E-state index is 3.66. The van der Waals surface area contributed by atoms with E-state index >= 15 is 0 Å². The first-order chi connectivity index (χ1) is 7.72. The summed E-state index contributed by atoms with van der Waals surface area (Å²) in [5.41, 5.74) is 1.39. The van der Waals surface area contributed by atoms with Crippen LogP contribution < -0.4 is 5.32 Å². The summed E-state index contributed by atoms with van der Waals surface area (Å²) in [4.78, 5) is 0. The SMILES string of the molecule is CCCNC(c1cc(Br)ccc1Br)C1CC1. The Morgan fingerprint density at radius 3 is 2.75 bits per heavy atom. The largest absolute Gasteiger partial charge is 0.310 e. The molecule has 1 saturated carbocycles. The number of rotatable bonds is 5. The maximum Gasteiger partial charge on any atom is 0.0360 e. The quantitative estimate of drug-likeness (QED) is 0.817. The molecule has 1 unspecified atom stereocenters. The molecular weight excluding hydrogens is 330 g/mol. The number of hydrogen-bond donors (Lipinski definition) is 1. The molecule has 0 radical (unpaired) electrons. The predicted molar refractivity (Wildman–Crippen MR) is 75.6 cm³/mol. The molecular formula is C13H17Br2N. The Kier molecular flexibility index (Phi) is 4.45. The molecule has 1 fully saturated rings. The first kappa shape index (κ1) is 12.6. The molecule has 0 bridgehead atoms. The molecule has 1 aliphatic carbocycles. The van der Waals surface area contributed by atoms with Gasteiger partial charge in [0.2, 0.25) is 0 Å². The summed E-state index contributed by atoms with van der Waals surface area (Å²) >= 11 is 7.21. The van der Waals surface area contributed by atoms with Gasteiger partial charge in [-0.05, 0) is 55.5 Å². The summed E-state index contributed by atoms with van der Waals surface area (Å²) < 4.78 is 2.38. The van der Waals surface area contributed by atoms with Crippen LogP contribution >= 0.6 is 31.9 Å².